The van der Waals surface area contributed by atoms with Gasteiger partial charge in [0.2, 0.25) is 0 Å². The minimum atomic E-state index is -4.52. The van der Waals surface area contributed by atoms with Crippen molar-refractivity contribution in [2.24, 2.45) is 10.7 Å². The Balaban J connectivity index is 3.75. The van der Waals surface area contributed by atoms with Crippen molar-refractivity contribution in [3.05, 3.63) is 9.28 Å². The van der Waals surface area contributed by atoms with E-state index in [0.29, 0.717) is 13.1 Å². The molecule has 9 heteroatoms. The van der Waals surface area contributed by atoms with Gasteiger partial charge in [-0.05, 0) is 56.2 Å². The summed E-state index contributed by atoms with van der Waals surface area (Å²) in [6.07, 6.45) is -0.474. The second-order valence-electron chi connectivity index (χ2n) is 6.14. The van der Waals surface area contributed by atoms with Crippen LogP contribution in [0.3, 0.4) is 0 Å². The molecule has 24 heavy (non-hydrogen) atoms. The third-order valence-electron chi connectivity index (χ3n) is 2.65. The van der Waals surface area contributed by atoms with Crippen LogP contribution in [0.25, 0.3) is 0 Å². The highest BCUT2D eigenvalue weighted by Crippen LogP contribution is 2.25. The predicted molar refractivity (Wildman–Crippen MR) is 97.4 cm³/mol. The Morgan fingerprint density at radius 1 is 1.21 bits per heavy atom. The van der Waals surface area contributed by atoms with Gasteiger partial charge >= 0.3 is 12.3 Å². The summed E-state index contributed by atoms with van der Waals surface area (Å²) in [5.41, 5.74) is 3.33. The van der Waals surface area contributed by atoms with Gasteiger partial charge in [-0.1, -0.05) is 12.8 Å². The summed E-state index contributed by atoms with van der Waals surface area (Å²) in [6.45, 7) is 6.36. The standard InChI is InChI=1S/C15H25F3IN3O2/c1-14(2,3)24-13(23)22-9-7-5-4-6-8-21-10-11(19)12(20)15(16,17)18/h10H,4-9,20H2,1-3H3,(H,22,23). The summed E-state index contributed by atoms with van der Waals surface area (Å²) in [4.78, 5) is 15.3. The molecule has 0 aromatic carbocycles. The van der Waals surface area contributed by atoms with Gasteiger partial charge in [0.15, 0.2) is 0 Å². The van der Waals surface area contributed by atoms with E-state index in [1.807, 2.05) is 0 Å². The van der Waals surface area contributed by atoms with E-state index in [4.69, 9.17) is 10.5 Å². The topological polar surface area (TPSA) is 76.7 Å². The van der Waals surface area contributed by atoms with Crippen molar-refractivity contribution in [3.63, 3.8) is 0 Å². The number of aliphatic imine (C=N–C) groups is 1. The SMILES string of the molecule is CC(C)(C)OC(=O)NCCCCCCN=CC(I)=C(N)C(F)(F)F. The average molecular weight is 463 g/mol. The van der Waals surface area contributed by atoms with E-state index in [0.717, 1.165) is 31.9 Å². The van der Waals surface area contributed by atoms with Crippen molar-refractivity contribution in [1.82, 2.24) is 5.32 Å². The van der Waals surface area contributed by atoms with E-state index in [1.54, 1.807) is 20.8 Å². The highest BCUT2D eigenvalue weighted by molar-refractivity contribution is 14.1. The molecule has 3 N–H and O–H groups in total. The number of alkyl halides is 3. The highest BCUT2D eigenvalue weighted by Gasteiger charge is 2.33. The van der Waals surface area contributed by atoms with Crippen LogP contribution in [0, 0.1) is 0 Å². The summed E-state index contributed by atoms with van der Waals surface area (Å²) in [7, 11) is 0. The zero-order valence-electron chi connectivity index (χ0n) is 14.2. The number of alkyl carbamates (subject to hydrolysis) is 1. The maximum Gasteiger partial charge on any atom is 0.431 e. The van der Waals surface area contributed by atoms with Crippen LogP contribution in [-0.2, 0) is 4.74 Å². The van der Waals surface area contributed by atoms with E-state index < -0.39 is 23.6 Å². The highest BCUT2D eigenvalue weighted by atomic mass is 127. The van der Waals surface area contributed by atoms with Gasteiger partial charge in [0, 0.05) is 19.3 Å². The Morgan fingerprint density at radius 2 is 1.79 bits per heavy atom. The number of hydrogen-bond donors (Lipinski definition) is 2. The van der Waals surface area contributed by atoms with Crippen molar-refractivity contribution in [3.8, 4) is 0 Å². The van der Waals surface area contributed by atoms with Crippen molar-refractivity contribution in [2.45, 2.75) is 58.2 Å². The first-order valence-corrected chi connectivity index (χ1v) is 8.70. The number of allylic oxidation sites excluding steroid dienone is 2. The molecule has 140 valence electrons. The molecule has 0 saturated heterocycles. The van der Waals surface area contributed by atoms with Gasteiger partial charge in [-0.2, -0.15) is 13.2 Å². The molecule has 0 bridgehead atoms. The van der Waals surface area contributed by atoms with E-state index in [-0.39, 0.29) is 3.58 Å². The second kappa shape index (κ2) is 10.8. The van der Waals surface area contributed by atoms with E-state index >= 15 is 0 Å². The predicted octanol–water partition coefficient (Wildman–Crippen LogP) is 4.31. The first kappa shape index (κ1) is 23.0. The molecule has 0 spiro atoms. The van der Waals surface area contributed by atoms with Crippen molar-refractivity contribution in [1.29, 1.82) is 0 Å². The number of carbonyl (C=O) groups is 1. The quantitative estimate of drug-likeness (QED) is 0.320. The third-order valence-corrected chi connectivity index (χ3v) is 3.51. The lowest BCUT2D eigenvalue weighted by Crippen LogP contribution is -2.32. The van der Waals surface area contributed by atoms with Gasteiger partial charge < -0.3 is 15.8 Å². The molecule has 0 fully saturated rings. The molecule has 0 unspecified atom stereocenters. The molecule has 0 aliphatic carbocycles. The Labute approximate surface area is 154 Å². The number of ether oxygens (including phenoxy) is 1. The zero-order valence-corrected chi connectivity index (χ0v) is 16.3. The Morgan fingerprint density at radius 3 is 2.33 bits per heavy atom. The summed E-state index contributed by atoms with van der Waals surface area (Å²) in [5, 5.41) is 2.66. The summed E-state index contributed by atoms with van der Waals surface area (Å²) < 4.78 is 41.9. The second-order valence-corrected chi connectivity index (χ2v) is 7.30. The van der Waals surface area contributed by atoms with Gasteiger partial charge in [0.05, 0.1) is 3.58 Å². The number of amides is 1. The zero-order chi connectivity index (χ0) is 18.8. The molecular weight excluding hydrogens is 438 g/mol. The Hall–Kier alpha value is -1.00. The van der Waals surface area contributed by atoms with Crippen LogP contribution >= 0.6 is 22.6 Å². The first-order chi connectivity index (χ1) is 10.9. The molecule has 0 rings (SSSR count). The Bertz CT molecular complexity index is 458. The molecule has 5 nitrogen and oxygen atoms in total. The lowest BCUT2D eigenvalue weighted by molar-refractivity contribution is -0.0926. The van der Waals surface area contributed by atoms with Crippen LogP contribution in [0.1, 0.15) is 46.5 Å². The normalized spacial score (nSPS) is 13.8. The van der Waals surface area contributed by atoms with Crippen LogP contribution in [-0.4, -0.2) is 37.2 Å². The summed E-state index contributed by atoms with van der Waals surface area (Å²) >= 11 is 1.52. The molecule has 0 heterocycles. The van der Waals surface area contributed by atoms with Crippen LogP contribution < -0.4 is 11.1 Å². The van der Waals surface area contributed by atoms with E-state index in [9.17, 15) is 18.0 Å². The molecule has 0 aromatic rings. The first-order valence-electron chi connectivity index (χ1n) is 7.62. The monoisotopic (exact) mass is 463 g/mol. The maximum atomic E-state index is 12.3. The molecular formula is C15H25F3IN3O2. The molecule has 0 aliphatic heterocycles. The molecule has 0 aliphatic rings. The number of halogens is 4. The number of nitrogens with zero attached hydrogens (tertiary/aromatic N) is 1. The number of carbonyl (C=O) groups excluding carboxylic acids is 1. The van der Waals surface area contributed by atoms with Crippen molar-refractivity contribution >= 4 is 34.9 Å². The van der Waals surface area contributed by atoms with Gasteiger partial charge in [0.25, 0.3) is 0 Å². The number of hydrogen-bond acceptors (Lipinski definition) is 4. The van der Waals surface area contributed by atoms with E-state index in [2.05, 4.69) is 10.3 Å². The average Bonchev–Trinajstić information content (AvgIpc) is 2.41. The molecule has 0 saturated carbocycles. The van der Waals surface area contributed by atoms with Crippen molar-refractivity contribution in [2.75, 3.05) is 13.1 Å². The van der Waals surface area contributed by atoms with Gasteiger partial charge in [-0.15, -0.1) is 0 Å². The molecule has 0 atom stereocenters. The maximum absolute atomic E-state index is 12.3. The number of unbranched alkanes of at least 4 members (excludes halogenated alkanes) is 3. The fraction of sp³-hybridized carbons (Fsp3) is 0.733. The van der Waals surface area contributed by atoms with E-state index in [1.165, 1.54) is 22.6 Å². The lowest BCUT2D eigenvalue weighted by atomic mass is 10.2. The molecule has 0 aromatic heterocycles. The number of nitrogens with two attached hydrogens (primary N) is 1. The smallest absolute Gasteiger partial charge is 0.431 e. The number of nitrogens with one attached hydrogen (secondary N) is 1. The van der Waals surface area contributed by atoms with Crippen molar-refractivity contribution < 1.29 is 22.7 Å². The van der Waals surface area contributed by atoms with Crippen LogP contribution in [0.2, 0.25) is 0 Å². The lowest BCUT2D eigenvalue weighted by Gasteiger charge is -2.19. The minimum Gasteiger partial charge on any atom is -0.444 e. The minimum absolute atomic E-state index is 0.110. The number of rotatable bonds is 8. The summed E-state index contributed by atoms with van der Waals surface area (Å²) in [5.74, 6) is 0. The van der Waals surface area contributed by atoms with Crippen LogP contribution in [0.5, 0.6) is 0 Å². The fourth-order valence-electron chi connectivity index (χ4n) is 1.54. The van der Waals surface area contributed by atoms with Gasteiger partial charge in [-0.25, -0.2) is 4.79 Å². The van der Waals surface area contributed by atoms with Gasteiger partial charge in [0.1, 0.15) is 11.3 Å². The molecule has 1 amide bonds. The summed E-state index contributed by atoms with van der Waals surface area (Å²) in [6, 6.07) is 0. The third kappa shape index (κ3) is 12.4. The van der Waals surface area contributed by atoms with Crippen LogP contribution in [0.15, 0.2) is 14.3 Å². The molecule has 0 radical (unpaired) electrons. The van der Waals surface area contributed by atoms with Crippen LogP contribution in [0.4, 0.5) is 18.0 Å². The largest absolute Gasteiger partial charge is 0.444 e. The fourth-order valence-corrected chi connectivity index (χ4v) is 2.04. The Kier molecular flexibility index (Phi) is 10.3. The van der Waals surface area contributed by atoms with Gasteiger partial charge in [-0.3, -0.25) is 4.99 Å².